The molecule has 2 aromatic carbocycles. The van der Waals surface area contributed by atoms with Gasteiger partial charge < -0.3 is 4.43 Å². The molecule has 35 heavy (non-hydrogen) atoms. The molecule has 2 atom stereocenters. The van der Waals surface area contributed by atoms with E-state index in [2.05, 4.69) is 50.9 Å². The molecule has 1 fully saturated rings. The zero-order chi connectivity index (χ0) is 26.0. The summed E-state index contributed by atoms with van der Waals surface area (Å²) in [5.41, 5.74) is 1.53. The molecule has 194 valence electrons. The summed E-state index contributed by atoms with van der Waals surface area (Å²) in [5.74, 6) is -0.235. The van der Waals surface area contributed by atoms with Crippen molar-refractivity contribution in [3.8, 4) is 0 Å². The van der Waals surface area contributed by atoms with Crippen molar-refractivity contribution in [2.24, 2.45) is 0 Å². The quantitative estimate of drug-likeness (QED) is 0.327. The van der Waals surface area contributed by atoms with Gasteiger partial charge in [0.2, 0.25) is 10.0 Å². The summed E-state index contributed by atoms with van der Waals surface area (Å²) in [7, 11) is -3.89. The largest absolute Gasteiger partial charge is 0.413 e. The summed E-state index contributed by atoms with van der Waals surface area (Å²) in [4.78, 5) is 2.36. The van der Waals surface area contributed by atoms with Crippen molar-refractivity contribution < 1.29 is 12.8 Å². The fraction of sp³-hybridized carbons (Fsp3) is 0.538. The van der Waals surface area contributed by atoms with E-state index < -0.39 is 18.3 Å². The molecule has 5 nitrogen and oxygen atoms in total. The molecule has 9 heteroatoms. The third-order valence-electron chi connectivity index (χ3n) is 7.36. The number of sulfonamides is 1. The molecule has 0 N–H and O–H groups in total. The highest BCUT2D eigenvalue weighted by atomic mass is 35.5. The maximum Gasteiger partial charge on any atom is 0.218 e. The Bertz CT molecular complexity index is 1090. The third kappa shape index (κ3) is 7.10. The molecule has 1 aliphatic heterocycles. The van der Waals surface area contributed by atoms with Crippen molar-refractivity contribution in [3.05, 3.63) is 69.7 Å². The second kappa shape index (κ2) is 11.2. The van der Waals surface area contributed by atoms with Gasteiger partial charge in [-0.15, -0.1) is 0 Å². The first kappa shape index (κ1) is 28.6. The number of halogens is 2. The van der Waals surface area contributed by atoms with Crippen LogP contribution in [-0.2, 0) is 20.2 Å². The minimum Gasteiger partial charge on any atom is -0.413 e. The number of hydrogen-bond acceptors (Lipinski definition) is 4. The van der Waals surface area contributed by atoms with Gasteiger partial charge in [-0.1, -0.05) is 80.4 Å². The van der Waals surface area contributed by atoms with E-state index in [1.165, 1.54) is 4.31 Å². The fourth-order valence-corrected chi connectivity index (χ4v) is 7.49. The van der Waals surface area contributed by atoms with Crippen molar-refractivity contribution in [1.29, 1.82) is 0 Å². The third-order valence-corrected chi connectivity index (χ3v) is 14.4. The Morgan fingerprint density at radius 1 is 1.09 bits per heavy atom. The van der Waals surface area contributed by atoms with Gasteiger partial charge in [-0.2, -0.15) is 0 Å². The van der Waals surface area contributed by atoms with Crippen LogP contribution in [0.2, 0.25) is 28.2 Å². The van der Waals surface area contributed by atoms with Crippen LogP contribution >= 0.6 is 23.2 Å². The summed E-state index contributed by atoms with van der Waals surface area (Å²) < 4.78 is 34.8. The average Bonchev–Trinajstić information content (AvgIpc) is 3.21. The Kier molecular flexibility index (Phi) is 9.17. The summed E-state index contributed by atoms with van der Waals surface area (Å²) in [5, 5.41) is 0.867. The molecule has 0 radical (unpaired) electrons. The van der Waals surface area contributed by atoms with Crippen molar-refractivity contribution in [2.75, 3.05) is 26.7 Å². The molecule has 3 rings (SSSR count). The topological polar surface area (TPSA) is 49.9 Å². The maximum atomic E-state index is 13.3. The number of rotatable bonds is 9. The van der Waals surface area contributed by atoms with E-state index in [0.29, 0.717) is 22.2 Å². The molecule has 0 bridgehead atoms. The van der Waals surface area contributed by atoms with E-state index in [4.69, 9.17) is 27.6 Å². The predicted molar refractivity (Wildman–Crippen MR) is 149 cm³/mol. The van der Waals surface area contributed by atoms with Gasteiger partial charge in [0, 0.05) is 48.3 Å². The molecule has 0 spiro atoms. The van der Waals surface area contributed by atoms with Gasteiger partial charge in [-0.05, 0) is 42.2 Å². The number of likely N-dealkylation sites (tertiary alicyclic amines) is 1. The Morgan fingerprint density at radius 2 is 1.69 bits per heavy atom. The maximum absolute atomic E-state index is 13.3. The van der Waals surface area contributed by atoms with Crippen molar-refractivity contribution in [2.45, 2.75) is 63.2 Å². The molecular weight excluding hydrogens is 519 g/mol. The van der Waals surface area contributed by atoms with Gasteiger partial charge in [0.1, 0.15) is 0 Å². The Morgan fingerprint density at radius 3 is 2.26 bits per heavy atom. The molecule has 0 saturated carbocycles. The Labute approximate surface area is 222 Å². The van der Waals surface area contributed by atoms with Crippen molar-refractivity contribution in [3.63, 3.8) is 0 Å². The van der Waals surface area contributed by atoms with Crippen molar-refractivity contribution in [1.82, 2.24) is 9.21 Å². The number of nitrogens with zero attached hydrogens (tertiary/aromatic N) is 2. The lowest BCUT2D eigenvalue weighted by Crippen LogP contribution is -2.45. The molecule has 0 unspecified atom stereocenters. The second-order valence-corrected chi connectivity index (χ2v) is 18.6. The molecule has 1 aliphatic rings. The second-order valence-electron chi connectivity index (χ2n) is 10.9. The molecule has 0 amide bonds. The molecule has 0 aliphatic carbocycles. The van der Waals surface area contributed by atoms with Crippen LogP contribution in [0, 0.1) is 0 Å². The van der Waals surface area contributed by atoms with Crippen LogP contribution in [0.5, 0.6) is 0 Å². The van der Waals surface area contributed by atoms with E-state index in [1.54, 1.807) is 25.2 Å². The van der Waals surface area contributed by atoms with E-state index >= 15 is 0 Å². The van der Waals surface area contributed by atoms with E-state index in [-0.39, 0.29) is 22.9 Å². The lowest BCUT2D eigenvalue weighted by molar-refractivity contribution is 0.156. The van der Waals surface area contributed by atoms with E-state index in [1.807, 2.05) is 18.2 Å². The van der Waals surface area contributed by atoms with Crippen LogP contribution in [0.1, 0.15) is 44.4 Å². The summed E-state index contributed by atoms with van der Waals surface area (Å²) in [6.45, 7) is 13.3. The standard InChI is InChI=1S/C26H38Cl2N2O3SSi/c1-26(2,3)35(5,6)33-21-15-16-30(17-21)25(20-11-8-7-9-12-20)18-29(4)34(31,32)19-22-23(27)13-10-14-24(22)28/h7-14,21,25H,15-19H2,1-6H3/t21-,25-/m0/s1. The van der Waals surface area contributed by atoms with Gasteiger partial charge in [0.15, 0.2) is 8.32 Å². The van der Waals surface area contributed by atoms with Crippen LogP contribution in [0.15, 0.2) is 48.5 Å². The number of benzene rings is 2. The molecule has 2 aromatic rings. The Hall–Kier alpha value is -0.933. The van der Waals surface area contributed by atoms with Crippen LogP contribution in [-0.4, -0.2) is 58.7 Å². The average molecular weight is 558 g/mol. The van der Waals surface area contributed by atoms with Gasteiger partial charge in [-0.3, -0.25) is 4.90 Å². The molecule has 1 heterocycles. The smallest absolute Gasteiger partial charge is 0.218 e. The van der Waals surface area contributed by atoms with Crippen LogP contribution in [0.25, 0.3) is 0 Å². The van der Waals surface area contributed by atoms with Crippen molar-refractivity contribution >= 4 is 41.5 Å². The minimum absolute atomic E-state index is 0.0780. The summed E-state index contributed by atoms with van der Waals surface area (Å²) in [6, 6.07) is 15.1. The number of likely N-dealkylation sites (N-methyl/N-ethyl adjacent to an activating group) is 1. The first-order chi connectivity index (χ1) is 16.2. The highest BCUT2D eigenvalue weighted by molar-refractivity contribution is 7.88. The lowest BCUT2D eigenvalue weighted by Gasteiger charge is -2.38. The SMILES string of the molecule is CN(C[C@@H](c1ccccc1)N1CC[C@H](O[Si](C)(C)C(C)(C)C)C1)S(=O)(=O)Cc1c(Cl)cccc1Cl. The zero-order valence-electron chi connectivity index (χ0n) is 21.6. The first-order valence-electron chi connectivity index (χ1n) is 12.0. The normalized spacial score (nSPS) is 18.8. The molecule has 0 aromatic heterocycles. The zero-order valence-corrected chi connectivity index (χ0v) is 24.9. The fourth-order valence-electron chi connectivity index (χ4n) is 4.15. The molecule has 1 saturated heterocycles. The van der Waals surface area contributed by atoms with Crippen LogP contribution in [0.3, 0.4) is 0 Å². The van der Waals surface area contributed by atoms with Gasteiger partial charge >= 0.3 is 0 Å². The van der Waals surface area contributed by atoms with E-state index in [0.717, 1.165) is 25.1 Å². The van der Waals surface area contributed by atoms with Gasteiger partial charge in [-0.25, -0.2) is 12.7 Å². The van der Waals surface area contributed by atoms with E-state index in [9.17, 15) is 8.42 Å². The van der Waals surface area contributed by atoms with Crippen LogP contribution in [0.4, 0.5) is 0 Å². The minimum atomic E-state index is -3.64. The monoisotopic (exact) mass is 556 g/mol. The first-order valence-corrected chi connectivity index (χ1v) is 17.3. The Balaban J connectivity index is 1.79. The highest BCUT2D eigenvalue weighted by Gasteiger charge is 2.41. The van der Waals surface area contributed by atoms with Crippen LogP contribution < -0.4 is 0 Å². The lowest BCUT2D eigenvalue weighted by atomic mass is 10.1. The number of hydrogen-bond donors (Lipinski definition) is 0. The summed E-state index contributed by atoms with van der Waals surface area (Å²) >= 11 is 12.5. The molecular formula is C26H38Cl2N2O3SSi. The predicted octanol–water partition coefficient (Wildman–Crippen LogP) is 6.59. The summed E-state index contributed by atoms with van der Waals surface area (Å²) in [6.07, 6.45) is 1.10. The highest BCUT2D eigenvalue weighted by Crippen LogP contribution is 2.39. The van der Waals surface area contributed by atoms with Gasteiger partial charge in [0.05, 0.1) is 11.9 Å². The van der Waals surface area contributed by atoms with Gasteiger partial charge in [0.25, 0.3) is 0 Å².